The predicted molar refractivity (Wildman–Crippen MR) is 78.9 cm³/mol. The summed E-state index contributed by atoms with van der Waals surface area (Å²) in [5.74, 6) is 0. The van der Waals surface area contributed by atoms with Crippen LogP contribution in [0.15, 0.2) is 24.3 Å². The summed E-state index contributed by atoms with van der Waals surface area (Å²) < 4.78 is 40.0. The Kier molecular flexibility index (Phi) is 8.04. The molecule has 1 aliphatic rings. The van der Waals surface area contributed by atoms with Gasteiger partial charge in [0.15, 0.2) is 0 Å². The van der Waals surface area contributed by atoms with Crippen LogP contribution in [0, 0.1) is 11.3 Å². The normalized spacial score (nSPS) is 17.0. The highest BCUT2D eigenvalue weighted by atomic mass is 35.5. The molecule has 1 heterocycles. The molecule has 0 bridgehead atoms. The van der Waals surface area contributed by atoms with Crippen molar-refractivity contribution >= 4 is 24.8 Å². The molecule has 1 aliphatic heterocycles. The van der Waals surface area contributed by atoms with Gasteiger partial charge in [-0.05, 0) is 11.6 Å². The number of alkyl halides is 3. The lowest BCUT2D eigenvalue weighted by Gasteiger charge is -2.36. The van der Waals surface area contributed by atoms with Crippen molar-refractivity contribution in [1.82, 2.24) is 10.2 Å². The van der Waals surface area contributed by atoms with Gasteiger partial charge in [-0.15, -0.1) is 24.8 Å². The molecule has 1 aromatic carbocycles. The van der Waals surface area contributed by atoms with Crippen LogP contribution in [0.5, 0.6) is 0 Å². The molecule has 3 nitrogen and oxygen atoms in total. The van der Waals surface area contributed by atoms with Crippen LogP contribution in [0.3, 0.4) is 0 Å². The van der Waals surface area contributed by atoms with E-state index >= 15 is 0 Å². The van der Waals surface area contributed by atoms with Crippen molar-refractivity contribution in [3.63, 3.8) is 0 Å². The number of nitriles is 1. The first-order valence-electron chi connectivity index (χ1n) is 6.04. The molecule has 8 heteroatoms. The Hall–Kier alpha value is -1.00. The molecule has 1 fully saturated rings. The third kappa shape index (κ3) is 4.75. The van der Waals surface area contributed by atoms with Crippen LogP contribution in [0.2, 0.25) is 0 Å². The first kappa shape index (κ1) is 20.0. The van der Waals surface area contributed by atoms with E-state index in [9.17, 15) is 13.2 Å². The van der Waals surface area contributed by atoms with E-state index in [-0.39, 0.29) is 35.9 Å². The number of rotatable bonds is 2. The summed E-state index contributed by atoms with van der Waals surface area (Å²) in [6.45, 7) is 1.70. The van der Waals surface area contributed by atoms with Crippen molar-refractivity contribution in [2.75, 3.05) is 26.2 Å². The lowest BCUT2D eigenvalue weighted by atomic mass is 9.98. The quantitative estimate of drug-likeness (QED) is 0.898. The van der Waals surface area contributed by atoms with E-state index in [2.05, 4.69) is 5.32 Å². The van der Waals surface area contributed by atoms with Gasteiger partial charge in [-0.2, -0.15) is 18.4 Å². The van der Waals surface area contributed by atoms with Crippen molar-refractivity contribution in [3.05, 3.63) is 35.4 Å². The van der Waals surface area contributed by atoms with Gasteiger partial charge in [0.25, 0.3) is 0 Å². The molecule has 0 aromatic heterocycles. The molecule has 0 amide bonds. The number of halogens is 5. The SMILES string of the molecule is Cl.Cl.N#Cc1ccccc1[C@H](N1CCNCC1)C(F)(F)F. The summed E-state index contributed by atoms with van der Waals surface area (Å²) in [4.78, 5) is 1.38. The maximum absolute atomic E-state index is 13.3. The van der Waals surface area contributed by atoms with Gasteiger partial charge >= 0.3 is 6.18 Å². The zero-order chi connectivity index (χ0) is 13.9. The van der Waals surface area contributed by atoms with Gasteiger partial charge in [-0.25, -0.2) is 0 Å². The molecule has 0 unspecified atom stereocenters. The van der Waals surface area contributed by atoms with Crippen LogP contribution in [-0.4, -0.2) is 37.3 Å². The Morgan fingerprint density at radius 1 is 1.14 bits per heavy atom. The molecule has 2 rings (SSSR count). The number of nitrogens with one attached hydrogen (secondary N) is 1. The summed E-state index contributed by atoms with van der Waals surface area (Å²) in [7, 11) is 0. The number of nitrogens with zero attached hydrogens (tertiary/aromatic N) is 2. The number of hydrogen-bond acceptors (Lipinski definition) is 3. The smallest absolute Gasteiger partial charge is 0.314 e. The average molecular weight is 342 g/mol. The van der Waals surface area contributed by atoms with Gasteiger partial charge in [0.2, 0.25) is 0 Å². The monoisotopic (exact) mass is 341 g/mol. The van der Waals surface area contributed by atoms with Crippen LogP contribution in [0.4, 0.5) is 13.2 Å². The molecule has 21 heavy (non-hydrogen) atoms. The molecule has 1 saturated heterocycles. The largest absolute Gasteiger partial charge is 0.408 e. The van der Waals surface area contributed by atoms with E-state index < -0.39 is 12.2 Å². The van der Waals surface area contributed by atoms with Crippen molar-refractivity contribution in [2.24, 2.45) is 0 Å². The van der Waals surface area contributed by atoms with Crippen LogP contribution < -0.4 is 5.32 Å². The zero-order valence-corrected chi connectivity index (χ0v) is 12.7. The topological polar surface area (TPSA) is 39.1 Å². The molecule has 0 spiro atoms. The highest BCUT2D eigenvalue weighted by molar-refractivity contribution is 5.85. The first-order chi connectivity index (χ1) is 9.04. The summed E-state index contributed by atoms with van der Waals surface area (Å²) in [5.41, 5.74) is 0.128. The molecule has 0 aliphatic carbocycles. The highest BCUT2D eigenvalue weighted by Crippen LogP contribution is 2.38. The maximum Gasteiger partial charge on any atom is 0.408 e. The average Bonchev–Trinajstić information content (AvgIpc) is 2.39. The molecule has 0 saturated carbocycles. The Morgan fingerprint density at radius 3 is 2.24 bits per heavy atom. The van der Waals surface area contributed by atoms with Gasteiger partial charge < -0.3 is 5.32 Å². The predicted octanol–water partition coefficient (Wildman–Crippen LogP) is 2.91. The highest BCUT2D eigenvalue weighted by Gasteiger charge is 2.45. The lowest BCUT2D eigenvalue weighted by Crippen LogP contribution is -2.49. The van der Waals surface area contributed by atoms with Gasteiger partial charge in [0, 0.05) is 26.2 Å². The van der Waals surface area contributed by atoms with E-state index in [1.807, 2.05) is 6.07 Å². The Balaban J connectivity index is 0.00000200. The second-order valence-electron chi connectivity index (χ2n) is 4.43. The minimum absolute atomic E-state index is 0. The van der Waals surface area contributed by atoms with Gasteiger partial charge in [-0.1, -0.05) is 18.2 Å². The third-order valence-electron chi connectivity index (χ3n) is 3.20. The Morgan fingerprint density at radius 2 is 1.71 bits per heavy atom. The summed E-state index contributed by atoms with van der Waals surface area (Å²) in [6.07, 6.45) is -4.38. The van der Waals surface area contributed by atoms with Crippen LogP contribution in [0.1, 0.15) is 17.2 Å². The number of piperazine rings is 1. The minimum Gasteiger partial charge on any atom is -0.314 e. The van der Waals surface area contributed by atoms with E-state index in [0.29, 0.717) is 26.2 Å². The van der Waals surface area contributed by atoms with Crippen molar-refractivity contribution < 1.29 is 13.2 Å². The van der Waals surface area contributed by atoms with Gasteiger partial charge in [0.1, 0.15) is 6.04 Å². The third-order valence-corrected chi connectivity index (χ3v) is 3.20. The molecule has 1 aromatic rings. The van der Waals surface area contributed by atoms with Crippen LogP contribution >= 0.6 is 24.8 Å². The van der Waals surface area contributed by atoms with Gasteiger partial charge in [0.05, 0.1) is 11.6 Å². The molecule has 118 valence electrons. The minimum atomic E-state index is -4.38. The first-order valence-corrected chi connectivity index (χ1v) is 6.04. The Bertz CT molecular complexity index is 482. The number of hydrogen-bond donors (Lipinski definition) is 1. The molecule has 1 N–H and O–H groups in total. The second-order valence-corrected chi connectivity index (χ2v) is 4.43. The molecular weight excluding hydrogens is 326 g/mol. The fourth-order valence-electron chi connectivity index (χ4n) is 2.36. The number of benzene rings is 1. The van der Waals surface area contributed by atoms with Crippen molar-refractivity contribution in [1.29, 1.82) is 5.26 Å². The summed E-state index contributed by atoms with van der Waals surface area (Å²) >= 11 is 0. The van der Waals surface area contributed by atoms with Crippen LogP contribution in [-0.2, 0) is 0 Å². The van der Waals surface area contributed by atoms with Gasteiger partial charge in [-0.3, -0.25) is 4.90 Å². The Labute approximate surface area is 133 Å². The van der Waals surface area contributed by atoms with Crippen molar-refractivity contribution in [2.45, 2.75) is 12.2 Å². The zero-order valence-electron chi connectivity index (χ0n) is 11.1. The standard InChI is InChI=1S/C13H14F3N3.2ClH/c14-13(15,16)12(19-7-5-18-6-8-19)11-4-2-1-3-10(11)9-17;;/h1-4,12,18H,5-8H2;2*1H/t12-;;/m0../s1. The van der Waals surface area contributed by atoms with E-state index in [0.717, 1.165) is 0 Å². The molecule has 0 radical (unpaired) electrons. The maximum atomic E-state index is 13.3. The fourth-order valence-corrected chi connectivity index (χ4v) is 2.36. The molecular formula is C13H16Cl2F3N3. The van der Waals surface area contributed by atoms with E-state index in [1.165, 1.54) is 23.1 Å². The molecule has 1 atom stereocenters. The summed E-state index contributed by atoms with van der Waals surface area (Å²) in [6, 6.07) is 6.07. The van der Waals surface area contributed by atoms with E-state index in [1.54, 1.807) is 6.07 Å². The van der Waals surface area contributed by atoms with E-state index in [4.69, 9.17) is 5.26 Å². The summed E-state index contributed by atoms with van der Waals surface area (Å²) in [5, 5.41) is 12.0. The fraction of sp³-hybridized carbons (Fsp3) is 0.462. The lowest BCUT2D eigenvalue weighted by molar-refractivity contribution is -0.187. The van der Waals surface area contributed by atoms with Crippen molar-refractivity contribution in [3.8, 4) is 6.07 Å². The van der Waals surface area contributed by atoms with Crippen LogP contribution in [0.25, 0.3) is 0 Å². The second kappa shape index (κ2) is 8.44.